The summed E-state index contributed by atoms with van der Waals surface area (Å²) < 4.78 is 1.76. The predicted molar refractivity (Wildman–Crippen MR) is 53.6 cm³/mol. The van der Waals surface area contributed by atoms with Gasteiger partial charge in [-0.3, -0.25) is 4.79 Å². The van der Waals surface area contributed by atoms with Crippen molar-refractivity contribution < 1.29 is 9.90 Å². The minimum atomic E-state index is -0.891. The van der Waals surface area contributed by atoms with Gasteiger partial charge in [0.05, 0.1) is 12.1 Å². The van der Waals surface area contributed by atoms with Crippen LogP contribution in [0.1, 0.15) is 24.9 Å². The molecule has 0 radical (unpaired) electrons. The molecular formula is C9H13ClN2O2. The van der Waals surface area contributed by atoms with E-state index in [4.69, 9.17) is 16.7 Å². The van der Waals surface area contributed by atoms with Crippen molar-refractivity contribution >= 4 is 17.6 Å². The van der Waals surface area contributed by atoms with Gasteiger partial charge in [0.15, 0.2) is 5.15 Å². The number of rotatable bonds is 4. The van der Waals surface area contributed by atoms with Gasteiger partial charge in [-0.2, -0.15) is 0 Å². The van der Waals surface area contributed by atoms with Crippen molar-refractivity contribution in [1.82, 2.24) is 9.55 Å². The summed E-state index contributed by atoms with van der Waals surface area (Å²) in [7, 11) is 1.79. The number of nitrogens with zero attached hydrogens (tertiary/aromatic N) is 2. The number of aliphatic carboxylic acids is 1. The lowest BCUT2D eigenvalue weighted by Gasteiger charge is -2.02. The molecule has 0 spiro atoms. The van der Waals surface area contributed by atoms with Crippen LogP contribution in [0.3, 0.4) is 0 Å². The topological polar surface area (TPSA) is 55.1 Å². The van der Waals surface area contributed by atoms with Crippen LogP contribution in [0, 0.1) is 0 Å². The van der Waals surface area contributed by atoms with E-state index in [2.05, 4.69) is 4.98 Å². The monoisotopic (exact) mass is 216 g/mol. The molecule has 1 rings (SSSR count). The fourth-order valence-corrected chi connectivity index (χ4v) is 1.62. The SMILES string of the molecule is CCCc1nc(Cl)c(CC(=O)O)n1C. The Bertz CT molecular complexity index is 347. The number of aryl methyl sites for hydroxylation is 1. The van der Waals surface area contributed by atoms with Crippen molar-refractivity contribution in [3.63, 3.8) is 0 Å². The van der Waals surface area contributed by atoms with Crippen LogP contribution in [-0.4, -0.2) is 20.6 Å². The lowest BCUT2D eigenvalue weighted by atomic mass is 10.3. The van der Waals surface area contributed by atoms with E-state index in [9.17, 15) is 4.79 Å². The highest BCUT2D eigenvalue weighted by molar-refractivity contribution is 6.30. The molecule has 1 aromatic rings. The second kappa shape index (κ2) is 4.46. The quantitative estimate of drug-likeness (QED) is 0.833. The van der Waals surface area contributed by atoms with E-state index in [1.807, 2.05) is 6.92 Å². The Morgan fingerprint density at radius 1 is 1.64 bits per heavy atom. The molecular weight excluding hydrogens is 204 g/mol. The van der Waals surface area contributed by atoms with E-state index in [-0.39, 0.29) is 6.42 Å². The number of hydrogen-bond acceptors (Lipinski definition) is 2. The molecule has 0 saturated carbocycles. The average molecular weight is 217 g/mol. The van der Waals surface area contributed by atoms with Crippen LogP contribution >= 0.6 is 11.6 Å². The first-order chi connectivity index (χ1) is 6.56. The summed E-state index contributed by atoms with van der Waals surface area (Å²) in [5.74, 6) is -0.0494. The standard InChI is InChI=1S/C9H13ClN2O2/c1-3-4-7-11-9(10)6(12(7)2)5-8(13)14/h3-5H2,1-2H3,(H,13,14). The van der Waals surface area contributed by atoms with Gasteiger partial charge in [0.2, 0.25) is 0 Å². The maximum atomic E-state index is 10.5. The summed E-state index contributed by atoms with van der Waals surface area (Å²) in [6.45, 7) is 2.04. The first-order valence-corrected chi connectivity index (χ1v) is 4.85. The summed E-state index contributed by atoms with van der Waals surface area (Å²) in [5, 5.41) is 8.96. The van der Waals surface area contributed by atoms with Crippen LogP contribution in [0.25, 0.3) is 0 Å². The van der Waals surface area contributed by atoms with Crippen molar-refractivity contribution in [3.8, 4) is 0 Å². The number of carboxylic acid groups (broad SMARTS) is 1. The van der Waals surface area contributed by atoms with Gasteiger partial charge in [-0.1, -0.05) is 18.5 Å². The van der Waals surface area contributed by atoms with Gasteiger partial charge in [0.25, 0.3) is 0 Å². The van der Waals surface area contributed by atoms with Gasteiger partial charge >= 0.3 is 5.97 Å². The maximum Gasteiger partial charge on any atom is 0.309 e. The Kier molecular flexibility index (Phi) is 3.52. The normalized spacial score (nSPS) is 10.5. The minimum absolute atomic E-state index is 0.0773. The van der Waals surface area contributed by atoms with Crippen molar-refractivity contribution in [2.45, 2.75) is 26.2 Å². The zero-order valence-electron chi connectivity index (χ0n) is 8.25. The third kappa shape index (κ3) is 2.26. The van der Waals surface area contributed by atoms with E-state index in [1.165, 1.54) is 0 Å². The fourth-order valence-electron chi connectivity index (χ4n) is 1.33. The highest BCUT2D eigenvalue weighted by Crippen LogP contribution is 2.17. The lowest BCUT2D eigenvalue weighted by molar-refractivity contribution is -0.136. The molecule has 0 saturated heterocycles. The minimum Gasteiger partial charge on any atom is -0.481 e. The lowest BCUT2D eigenvalue weighted by Crippen LogP contribution is -2.07. The largest absolute Gasteiger partial charge is 0.481 e. The highest BCUT2D eigenvalue weighted by atomic mass is 35.5. The third-order valence-corrected chi connectivity index (χ3v) is 2.35. The molecule has 1 aromatic heterocycles. The van der Waals surface area contributed by atoms with Crippen LogP contribution in [-0.2, 0) is 24.7 Å². The van der Waals surface area contributed by atoms with E-state index in [0.717, 1.165) is 18.7 Å². The molecule has 1 N–H and O–H groups in total. The van der Waals surface area contributed by atoms with E-state index < -0.39 is 5.97 Å². The molecule has 5 heteroatoms. The number of carboxylic acids is 1. The van der Waals surface area contributed by atoms with Crippen molar-refractivity contribution in [2.24, 2.45) is 7.05 Å². The molecule has 1 heterocycles. The molecule has 0 aromatic carbocycles. The van der Waals surface area contributed by atoms with Gasteiger partial charge < -0.3 is 9.67 Å². The maximum absolute atomic E-state index is 10.5. The number of hydrogen-bond donors (Lipinski definition) is 1. The molecule has 0 amide bonds. The Morgan fingerprint density at radius 2 is 2.29 bits per heavy atom. The van der Waals surface area contributed by atoms with Crippen LogP contribution in [0.4, 0.5) is 0 Å². The number of halogens is 1. The van der Waals surface area contributed by atoms with Crippen LogP contribution in [0.15, 0.2) is 0 Å². The molecule has 0 bridgehead atoms. The first-order valence-electron chi connectivity index (χ1n) is 4.48. The molecule has 0 atom stereocenters. The van der Waals surface area contributed by atoms with E-state index in [0.29, 0.717) is 10.8 Å². The number of aromatic nitrogens is 2. The summed E-state index contributed by atoms with van der Waals surface area (Å²) >= 11 is 5.83. The number of imidazole rings is 1. The van der Waals surface area contributed by atoms with Crippen molar-refractivity contribution in [2.75, 3.05) is 0 Å². The molecule has 4 nitrogen and oxygen atoms in total. The van der Waals surface area contributed by atoms with Gasteiger partial charge in [0, 0.05) is 13.5 Å². The highest BCUT2D eigenvalue weighted by Gasteiger charge is 2.14. The smallest absolute Gasteiger partial charge is 0.309 e. The molecule has 78 valence electrons. The Morgan fingerprint density at radius 3 is 2.79 bits per heavy atom. The van der Waals surface area contributed by atoms with Crippen molar-refractivity contribution in [1.29, 1.82) is 0 Å². The zero-order valence-corrected chi connectivity index (χ0v) is 9.01. The Hall–Kier alpha value is -1.03. The van der Waals surface area contributed by atoms with E-state index in [1.54, 1.807) is 11.6 Å². The molecule has 0 unspecified atom stereocenters. The summed E-state index contributed by atoms with van der Waals surface area (Å²) in [6.07, 6.45) is 1.70. The average Bonchev–Trinajstić information content (AvgIpc) is 2.33. The third-order valence-electron chi connectivity index (χ3n) is 2.05. The summed E-state index contributed by atoms with van der Waals surface area (Å²) in [5.41, 5.74) is 0.572. The zero-order chi connectivity index (χ0) is 10.7. The molecule has 0 aliphatic heterocycles. The molecule has 0 aliphatic carbocycles. The number of carbonyl (C=O) groups is 1. The first kappa shape index (κ1) is 11.0. The van der Waals surface area contributed by atoms with Gasteiger partial charge in [-0.15, -0.1) is 0 Å². The second-order valence-corrected chi connectivity index (χ2v) is 3.50. The van der Waals surface area contributed by atoms with Gasteiger partial charge in [0.1, 0.15) is 5.82 Å². The van der Waals surface area contributed by atoms with Crippen LogP contribution < -0.4 is 0 Å². The predicted octanol–water partition coefficient (Wildman–Crippen LogP) is 1.65. The fraction of sp³-hybridized carbons (Fsp3) is 0.556. The molecule has 0 fully saturated rings. The molecule has 14 heavy (non-hydrogen) atoms. The van der Waals surface area contributed by atoms with E-state index >= 15 is 0 Å². The van der Waals surface area contributed by atoms with Crippen LogP contribution in [0.2, 0.25) is 5.15 Å². The summed E-state index contributed by atoms with van der Waals surface area (Å²) in [4.78, 5) is 14.7. The van der Waals surface area contributed by atoms with Crippen molar-refractivity contribution in [3.05, 3.63) is 16.7 Å². The van der Waals surface area contributed by atoms with Crippen LogP contribution in [0.5, 0.6) is 0 Å². The van der Waals surface area contributed by atoms with Gasteiger partial charge in [-0.25, -0.2) is 4.98 Å². The second-order valence-electron chi connectivity index (χ2n) is 3.15. The van der Waals surface area contributed by atoms with Gasteiger partial charge in [-0.05, 0) is 6.42 Å². The molecule has 0 aliphatic rings. The Labute approximate surface area is 87.5 Å². The summed E-state index contributed by atoms with van der Waals surface area (Å²) in [6, 6.07) is 0. The Balaban J connectivity index is 2.98.